The van der Waals surface area contributed by atoms with Gasteiger partial charge in [0.25, 0.3) is 0 Å². The summed E-state index contributed by atoms with van der Waals surface area (Å²) >= 11 is 0. The Morgan fingerprint density at radius 3 is 2.41 bits per heavy atom. The zero-order valence-electron chi connectivity index (χ0n) is 9.24. The number of benzene rings is 1. The molecule has 0 unspecified atom stereocenters. The molecular formula is C15H11FO. The van der Waals surface area contributed by atoms with Crippen LogP contribution in [0.3, 0.4) is 0 Å². The summed E-state index contributed by atoms with van der Waals surface area (Å²) in [5.74, 6) is 4.13. The molecule has 0 atom stereocenters. The van der Waals surface area contributed by atoms with Crippen LogP contribution >= 0.6 is 0 Å². The van der Waals surface area contributed by atoms with Gasteiger partial charge in [0.15, 0.2) is 0 Å². The highest BCUT2D eigenvalue weighted by Crippen LogP contribution is 2.48. The lowest BCUT2D eigenvalue weighted by Gasteiger charge is -2.02. The zero-order chi connectivity index (χ0) is 11.9. The van der Waals surface area contributed by atoms with Crippen molar-refractivity contribution in [2.24, 2.45) is 0 Å². The molecule has 0 amide bonds. The van der Waals surface area contributed by atoms with Gasteiger partial charge in [-0.25, -0.2) is 4.39 Å². The standard InChI is InChI=1S/C15H11FO/c1-2-15(9-10-15)14-8-7-13(17-14)11-3-5-12(16)6-4-11/h1,3-8H,9-10H2. The normalized spacial score (nSPS) is 16.5. The molecule has 0 aliphatic heterocycles. The van der Waals surface area contributed by atoms with Crippen molar-refractivity contribution in [2.45, 2.75) is 18.3 Å². The minimum absolute atomic E-state index is 0.182. The molecular weight excluding hydrogens is 215 g/mol. The molecule has 2 aromatic rings. The number of terminal acetylenes is 1. The minimum Gasteiger partial charge on any atom is -0.459 e. The van der Waals surface area contributed by atoms with Gasteiger partial charge in [0.2, 0.25) is 0 Å². The first-order valence-corrected chi connectivity index (χ1v) is 5.58. The van der Waals surface area contributed by atoms with E-state index >= 15 is 0 Å². The van der Waals surface area contributed by atoms with E-state index in [0.29, 0.717) is 0 Å². The molecule has 1 nitrogen and oxygen atoms in total. The second-order valence-electron chi connectivity index (χ2n) is 4.40. The van der Waals surface area contributed by atoms with Crippen LogP contribution in [0.5, 0.6) is 0 Å². The third-order valence-electron chi connectivity index (χ3n) is 3.23. The van der Waals surface area contributed by atoms with Crippen LogP contribution in [0.15, 0.2) is 40.8 Å². The first kappa shape index (κ1) is 10.2. The van der Waals surface area contributed by atoms with E-state index in [0.717, 1.165) is 29.9 Å². The molecule has 17 heavy (non-hydrogen) atoms. The summed E-state index contributed by atoms with van der Waals surface area (Å²) in [6, 6.07) is 10.1. The first-order chi connectivity index (χ1) is 8.23. The van der Waals surface area contributed by atoms with Gasteiger partial charge in [-0.2, -0.15) is 0 Å². The average Bonchev–Trinajstić information content (AvgIpc) is 3.00. The second-order valence-corrected chi connectivity index (χ2v) is 4.40. The lowest BCUT2D eigenvalue weighted by Crippen LogP contribution is -1.99. The summed E-state index contributed by atoms with van der Waals surface area (Å²) in [6.45, 7) is 0. The van der Waals surface area contributed by atoms with E-state index in [1.165, 1.54) is 12.1 Å². The number of hydrogen-bond acceptors (Lipinski definition) is 1. The molecule has 1 saturated carbocycles. The monoisotopic (exact) mass is 226 g/mol. The topological polar surface area (TPSA) is 13.1 Å². The predicted octanol–water partition coefficient (Wildman–Crippen LogP) is 3.75. The van der Waals surface area contributed by atoms with Crippen molar-refractivity contribution >= 4 is 0 Å². The summed E-state index contributed by atoms with van der Waals surface area (Å²) in [7, 11) is 0. The maximum Gasteiger partial charge on any atom is 0.134 e. The van der Waals surface area contributed by atoms with Gasteiger partial charge in [-0.15, -0.1) is 6.42 Å². The van der Waals surface area contributed by atoms with Gasteiger partial charge in [-0.3, -0.25) is 0 Å². The van der Waals surface area contributed by atoms with Gasteiger partial charge < -0.3 is 4.42 Å². The molecule has 1 aromatic heterocycles. The zero-order valence-corrected chi connectivity index (χ0v) is 9.24. The predicted molar refractivity (Wildman–Crippen MR) is 63.8 cm³/mol. The molecule has 2 heteroatoms. The Labute approximate surface area is 99.3 Å². The van der Waals surface area contributed by atoms with Crippen molar-refractivity contribution in [1.29, 1.82) is 0 Å². The third kappa shape index (κ3) is 1.64. The Bertz CT molecular complexity index is 582. The van der Waals surface area contributed by atoms with E-state index in [1.807, 2.05) is 12.1 Å². The SMILES string of the molecule is C#CC1(c2ccc(-c3ccc(F)cc3)o2)CC1. The Morgan fingerprint density at radius 2 is 1.82 bits per heavy atom. The summed E-state index contributed by atoms with van der Waals surface area (Å²) < 4.78 is 18.6. The lowest BCUT2D eigenvalue weighted by molar-refractivity contribution is 0.500. The summed E-state index contributed by atoms with van der Waals surface area (Å²) in [5, 5.41) is 0. The van der Waals surface area contributed by atoms with Crippen molar-refractivity contribution in [3.63, 3.8) is 0 Å². The van der Waals surface area contributed by atoms with Crippen molar-refractivity contribution in [3.8, 4) is 23.7 Å². The van der Waals surface area contributed by atoms with Crippen molar-refractivity contribution in [3.05, 3.63) is 48.0 Å². The van der Waals surface area contributed by atoms with Gasteiger partial charge in [0.1, 0.15) is 17.3 Å². The van der Waals surface area contributed by atoms with E-state index in [4.69, 9.17) is 10.8 Å². The van der Waals surface area contributed by atoms with Gasteiger partial charge in [0.05, 0.1) is 5.41 Å². The van der Waals surface area contributed by atoms with Gasteiger partial charge >= 0.3 is 0 Å². The third-order valence-corrected chi connectivity index (χ3v) is 3.23. The van der Waals surface area contributed by atoms with E-state index < -0.39 is 0 Å². The maximum atomic E-state index is 12.8. The van der Waals surface area contributed by atoms with Crippen molar-refractivity contribution in [1.82, 2.24) is 0 Å². The fourth-order valence-corrected chi connectivity index (χ4v) is 1.95. The first-order valence-electron chi connectivity index (χ1n) is 5.58. The van der Waals surface area contributed by atoms with Crippen LogP contribution in [-0.2, 0) is 5.41 Å². The highest BCUT2D eigenvalue weighted by atomic mass is 19.1. The molecule has 0 saturated heterocycles. The molecule has 0 bridgehead atoms. The van der Waals surface area contributed by atoms with Gasteiger partial charge in [-0.05, 0) is 49.2 Å². The van der Waals surface area contributed by atoms with E-state index in [2.05, 4.69) is 5.92 Å². The Hall–Kier alpha value is -2.01. The number of halogens is 1. The number of furan rings is 1. The summed E-state index contributed by atoms with van der Waals surface area (Å²) in [5.41, 5.74) is 0.684. The van der Waals surface area contributed by atoms with E-state index in [-0.39, 0.29) is 11.2 Å². The Balaban J connectivity index is 1.96. The highest BCUT2D eigenvalue weighted by molar-refractivity contribution is 5.58. The Morgan fingerprint density at radius 1 is 1.12 bits per heavy atom. The van der Waals surface area contributed by atoms with Crippen LogP contribution in [0.2, 0.25) is 0 Å². The van der Waals surface area contributed by atoms with Crippen molar-refractivity contribution < 1.29 is 8.81 Å². The number of rotatable bonds is 2. The maximum absolute atomic E-state index is 12.8. The molecule has 0 spiro atoms. The summed E-state index contributed by atoms with van der Waals surface area (Å²) in [4.78, 5) is 0. The molecule has 1 fully saturated rings. The molecule has 1 aliphatic rings. The van der Waals surface area contributed by atoms with Crippen LogP contribution in [0.1, 0.15) is 18.6 Å². The van der Waals surface area contributed by atoms with E-state index in [1.54, 1.807) is 12.1 Å². The molecule has 0 N–H and O–H groups in total. The van der Waals surface area contributed by atoms with E-state index in [9.17, 15) is 4.39 Å². The fraction of sp³-hybridized carbons (Fsp3) is 0.200. The molecule has 1 aliphatic carbocycles. The molecule has 0 radical (unpaired) electrons. The highest BCUT2D eigenvalue weighted by Gasteiger charge is 2.45. The largest absolute Gasteiger partial charge is 0.459 e. The minimum atomic E-state index is -0.247. The molecule has 1 heterocycles. The van der Waals surface area contributed by atoms with Crippen LogP contribution in [-0.4, -0.2) is 0 Å². The van der Waals surface area contributed by atoms with Crippen LogP contribution in [0.4, 0.5) is 4.39 Å². The van der Waals surface area contributed by atoms with Crippen molar-refractivity contribution in [2.75, 3.05) is 0 Å². The molecule has 1 aromatic carbocycles. The second kappa shape index (κ2) is 3.49. The lowest BCUT2D eigenvalue weighted by atomic mass is 10.1. The quantitative estimate of drug-likeness (QED) is 0.711. The van der Waals surface area contributed by atoms with Gasteiger partial charge in [-0.1, -0.05) is 5.92 Å². The fourth-order valence-electron chi connectivity index (χ4n) is 1.95. The average molecular weight is 226 g/mol. The van der Waals surface area contributed by atoms with Crippen LogP contribution < -0.4 is 0 Å². The summed E-state index contributed by atoms with van der Waals surface area (Å²) in [6.07, 6.45) is 7.48. The smallest absolute Gasteiger partial charge is 0.134 e. The van der Waals surface area contributed by atoms with Gasteiger partial charge in [0, 0.05) is 5.56 Å². The Kier molecular flexibility index (Phi) is 2.09. The van der Waals surface area contributed by atoms with Crippen LogP contribution in [0.25, 0.3) is 11.3 Å². The van der Waals surface area contributed by atoms with Crippen LogP contribution in [0, 0.1) is 18.2 Å². The molecule has 84 valence electrons. The number of hydrogen-bond donors (Lipinski definition) is 0. The molecule has 3 rings (SSSR count).